The lowest BCUT2D eigenvalue weighted by atomic mass is 9.67. The zero-order valence-electron chi connectivity index (χ0n) is 13.6. The maximum absolute atomic E-state index is 12.1. The summed E-state index contributed by atoms with van der Waals surface area (Å²) in [7, 11) is 0. The Morgan fingerprint density at radius 2 is 1.76 bits per heavy atom. The minimum atomic E-state index is -1.38. The van der Waals surface area contributed by atoms with Crippen molar-refractivity contribution in [2.45, 2.75) is 59.1 Å². The van der Waals surface area contributed by atoms with Crippen molar-refractivity contribution in [2.75, 3.05) is 13.2 Å². The molecule has 2 N–H and O–H groups in total. The SMILES string of the molecule is CC(C)C(NC(=O)OC1CCOCC1)(C(=O)O)C(C)(C)C. The van der Waals surface area contributed by atoms with Crippen molar-refractivity contribution < 1.29 is 24.2 Å². The Labute approximate surface area is 126 Å². The molecular weight excluding hydrogens is 274 g/mol. The third kappa shape index (κ3) is 3.87. The van der Waals surface area contributed by atoms with E-state index in [0.717, 1.165) is 0 Å². The van der Waals surface area contributed by atoms with Crippen molar-refractivity contribution in [3.8, 4) is 0 Å². The molecule has 0 aromatic heterocycles. The van der Waals surface area contributed by atoms with Gasteiger partial charge >= 0.3 is 12.1 Å². The van der Waals surface area contributed by atoms with Gasteiger partial charge in [0.05, 0.1) is 13.2 Å². The second kappa shape index (κ2) is 6.64. The van der Waals surface area contributed by atoms with Crippen LogP contribution in [0.5, 0.6) is 0 Å². The van der Waals surface area contributed by atoms with Crippen LogP contribution in [-0.2, 0) is 14.3 Å². The number of aliphatic carboxylic acids is 1. The molecular formula is C15H27NO5. The van der Waals surface area contributed by atoms with Gasteiger partial charge in [0.25, 0.3) is 0 Å². The molecule has 1 amide bonds. The van der Waals surface area contributed by atoms with E-state index >= 15 is 0 Å². The van der Waals surface area contributed by atoms with Crippen LogP contribution in [0.3, 0.4) is 0 Å². The molecule has 1 fully saturated rings. The zero-order valence-corrected chi connectivity index (χ0v) is 13.6. The van der Waals surface area contributed by atoms with Gasteiger partial charge in [-0.25, -0.2) is 9.59 Å². The van der Waals surface area contributed by atoms with E-state index in [9.17, 15) is 14.7 Å². The van der Waals surface area contributed by atoms with Gasteiger partial charge in [0, 0.05) is 12.8 Å². The number of ether oxygens (including phenoxy) is 2. The van der Waals surface area contributed by atoms with E-state index in [1.165, 1.54) is 0 Å². The maximum atomic E-state index is 12.1. The van der Waals surface area contributed by atoms with Crippen molar-refractivity contribution in [2.24, 2.45) is 11.3 Å². The summed E-state index contributed by atoms with van der Waals surface area (Å²) in [6, 6.07) is 0. The van der Waals surface area contributed by atoms with E-state index in [1.54, 1.807) is 34.6 Å². The molecule has 1 aliphatic rings. The monoisotopic (exact) mass is 301 g/mol. The van der Waals surface area contributed by atoms with Crippen molar-refractivity contribution in [1.82, 2.24) is 5.32 Å². The van der Waals surface area contributed by atoms with Crippen LogP contribution in [0.25, 0.3) is 0 Å². The number of alkyl carbamates (subject to hydrolysis) is 1. The molecule has 0 radical (unpaired) electrons. The molecule has 1 heterocycles. The molecule has 0 aromatic rings. The van der Waals surface area contributed by atoms with Gasteiger partial charge < -0.3 is 19.9 Å². The molecule has 0 saturated carbocycles. The molecule has 0 bridgehead atoms. The molecule has 1 saturated heterocycles. The van der Waals surface area contributed by atoms with E-state index in [2.05, 4.69) is 5.32 Å². The predicted octanol–water partition coefficient (Wildman–Crippen LogP) is 2.42. The Balaban J connectivity index is 2.85. The minimum Gasteiger partial charge on any atom is -0.479 e. The first-order valence-electron chi connectivity index (χ1n) is 7.41. The first kappa shape index (κ1) is 17.8. The van der Waals surface area contributed by atoms with Gasteiger partial charge in [0.1, 0.15) is 11.6 Å². The first-order valence-corrected chi connectivity index (χ1v) is 7.41. The number of carbonyl (C=O) groups is 2. The largest absolute Gasteiger partial charge is 0.479 e. The topological polar surface area (TPSA) is 84.9 Å². The maximum Gasteiger partial charge on any atom is 0.408 e. The third-order valence-corrected chi connectivity index (χ3v) is 4.13. The predicted molar refractivity (Wildman–Crippen MR) is 78.1 cm³/mol. The number of carboxylic acids is 1. The van der Waals surface area contributed by atoms with Crippen molar-refractivity contribution >= 4 is 12.1 Å². The average Bonchev–Trinajstić information content (AvgIpc) is 2.34. The van der Waals surface area contributed by atoms with Gasteiger partial charge in [-0.05, 0) is 11.3 Å². The summed E-state index contributed by atoms with van der Waals surface area (Å²) in [6.45, 7) is 10.1. The lowest BCUT2D eigenvalue weighted by molar-refractivity contribution is -0.153. The third-order valence-electron chi connectivity index (χ3n) is 4.13. The number of carbonyl (C=O) groups excluding carboxylic acids is 1. The summed E-state index contributed by atoms with van der Waals surface area (Å²) in [4.78, 5) is 24.0. The highest BCUT2D eigenvalue weighted by molar-refractivity contribution is 5.85. The van der Waals surface area contributed by atoms with Crippen LogP contribution in [0, 0.1) is 11.3 Å². The van der Waals surface area contributed by atoms with E-state index < -0.39 is 23.0 Å². The molecule has 0 spiro atoms. The molecule has 1 unspecified atom stereocenters. The normalized spacial score (nSPS) is 19.9. The zero-order chi connectivity index (χ0) is 16.3. The molecule has 1 atom stereocenters. The van der Waals surface area contributed by atoms with Crippen molar-refractivity contribution in [3.63, 3.8) is 0 Å². The lowest BCUT2D eigenvalue weighted by Gasteiger charge is -2.44. The number of nitrogens with one attached hydrogen (secondary N) is 1. The fraction of sp³-hybridized carbons (Fsp3) is 0.867. The molecule has 122 valence electrons. The molecule has 0 aliphatic carbocycles. The summed E-state index contributed by atoms with van der Waals surface area (Å²) in [6.07, 6.45) is 0.403. The fourth-order valence-electron chi connectivity index (χ4n) is 2.95. The molecule has 0 aromatic carbocycles. The van der Waals surface area contributed by atoms with Gasteiger partial charge in [0.2, 0.25) is 0 Å². The minimum absolute atomic E-state index is 0.211. The first-order chi connectivity index (χ1) is 9.61. The fourth-order valence-corrected chi connectivity index (χ4v) is 2.95. The summed E-state index contributed by atoms with van der Waals surface area (Å²) >= 11 is 0. The van der Waals surface area contributed by atoms with E-state index in [1.807, 2.05) is 0 Å². The summed E-state index contributed by atoms with van der Waals surface area (Å²) < 4.78 is 10.6. The standard InChI is InChI=1S/C15H27NO5/c1-10(2)15(12(17)18,14(3,4)5)16-13(19)21-11-6-8-20-9-7-11/h10-11H,6-9H2,1-5H3,(H,16,19)(H,17,18). The molecule has 21 heavy (non-hydrogen) atoms. The highest BCUT2D eigenvalue weighted by atomic mass is 16.6. The number of carboxylic acid groups (broad SMARTS) is 1. The number of hydrogen-bond acceptors (Lipinski definition) is 4. The number of rotatable bonds is 4. The Morgan fingerprint density at radius 3 is 2.14 bits per heavy atom. The van der Waals surface area contributed by atoms with Crippen LogP contribution in [0.1, 0.15) is 47.5 Å². The van der Waals surface area contributed by atoms with Gasteiger partial charge in [0.15, 0.2) is 0 Å². The second-order valence-electron chi connectivity index (χ2n) is 6.86. The van der Waals surface area contributed by atoms with E-state index in [4.69, 9.17) is 9.47 Å². The second-order valence-corrected chi connectivity index (χ2v) is 6.86. The number of hydrogen-bond donors (Lipinski definition) is 2. The van der Waals surface area contributed by atoms with E-state index in [-0.39, 0.29) is 12.0 Å². The quantitative estimate of drug-likeness (QED) is 0.833. The van der Waals surface area contributed by atoms with Crippen LogP contribution < -0.4 is 5.32 Å². The van der Waals surface area contributed by atoms with Crippen LogP contribution in [0.15, 0.2) is 0 Å². The van der Waals surface area contributed by atoms with Crippen molar-refractivity contribution in [3.05, 3.63) is 0 Å². The Bertz CT molecular complexity index is 382. The highest BCUT2D eigenvalue weighted by Gasteiger charge is 2.53. The summed E-state index contributed by atoms with van der Waals surface area (Å²) in [5.41, 5.74) is -2.03. The van der Waals surface area contributed by atoms with E-state index in [0.29, 0.717) is 26.1 Å². The van der Waals surface area contributed by atoms with Gasteiger partial charge in [-0.15, -0.1) is 0 Å². The van der Waals surface area contributed by atoms with Gasteiger partial charge in [-0.3, -0.25) is 0 Å². The van der Waals surface area contributed by atoms with Crippen LogP contribution in [-0.4, -0.2) is 42.0 Å². The van der Waals surface area contributed by atoms with Crippen LogP contribution >= 0.6 is 0 Å². The smallest absolute Gasteiger partial charge is 0.408 e. The van der Waals surface area contributed by atoms with Crippen molar-refractivity contribution in [1.29, 1.82) is 0 Å². The van der Waals surface area contributed by atoms with Crippen LogP contribution in [0.4, 0.5) is 4.79 Å². The summed E-state index contributed by atoms with van der Waals surface area (Å²) in [5, 5.41) is 12.3. The highest BCUT2D eigenvalue weighted by Crippen LogP contribution is 2.37. The van der Waals surface area contributed by atoms with Crippen LogP contribution in [0.2, 0.25) is 0 Å². The lowest BCUT2D eigenvalue weighted by Crippen LogP contribution is -2.65. The average molecular weight is 301 g/mol. The molecule has 6 heteroatoms. The van der Waals surface area contributed by atoms with Gasteiger partial charge in [-0.2, -0.15) is 0 Å². The Morgan fingerprint density at radius 1 is 1.24 bits per heavy atom. The Kier molecular flexibility index (Phi) is 5.61. The molecule has 1 aliphatic heterocycles. The molecule has 1 rings (SSSR count). The Hall–Kier alpha value is -1.30. The number of amides is 1. The molecule has 6 nitrogen and oxygen atoms in total. The summed E-state index contributed by atoms with van der Waals surface area (Å²) in [5.74, 6) is -1.33. The van der Waals surface area contributed by atoms with Gasteiger partial charge in [-0.1, -0.05) is 34.6 Å².